The number of aromatic nitrogens is 3. The van der Waals surface area contributed by atoms with Gasteiger partial charge in [0.2, 0.25) is 0 Å². The maximum absolute atomic E-state index is 13.3. The average Bonchev–Trinajstić information content (AvgIpc) is 3.02. The van der Waals surface area contributed by atoms with E-state index in [0.29, 0.717) is 17.8 Å². The Morgan fingerprint density at radius 2 is 1.81 bits per heavy atom. The fourth-order valence-corrected chi connectivity index (χ4v) is 3.84. The van der Waals surface area contributed by atoms with E-state index in [4.69, 9.17) is 0 Å². The summed E-state index contributed by atoms with van der Waals surface area (Å²) in [6.07, 6.45) is 0. The first-order valence-electron chi connectivity index (χ1n) is 8.21. The Morgan fingerprint density at radius 1 is 1.08 bits per heavy atom. The van der Waals surface area contributed by atoms with E-state index < -0.39 is 0 Å². The lowest BCUT2D eigenvalue weighted by molar-refractivity contribution is 0.627. The number of thiazole rings is 1. The van der Waals surface area contributed by atoms with Gasteiger partial charge in [-0.2, -0.15) is 5.10 Å². The summed E-state index contributed by atoms with van der Waals surface area (Å²) in [5, 5.41) is 5.40. The van der Waals surface area contributed by atoms with E-state index in [1.807, 2.05) is 38.1 Å². The van der Waals surface area contributed by atoms with Crippen molar-refractivity contribution in [2.45, 2.75) is 20.4 Å². The first-order chi connectivity index (χ1) is 12.5. The van der Waals surface area contributed by atoms with Crippen LogP contribution in [-0.2, 0) is 6.54 Å². The van der Waals surface area contributed by atoms with Crippen LogP contribution < -0.4 is 5.56 Å². The summed E-state index contributed by atoms with van der Waals surface area (Å²) in [4.78, 5) is 17.3. The van der Waals surface area contributed by atoms with E-state index in [0.717, 1.165) is 26.4 Å². The predicted molar refractivity (Wildman–Crippen MR) is 102 cm³/mol. The second-order valence-corrected chi connectivity index (χ2v) is 7.36. The fourth-order valence-electron chi connectivity index (χ4n) is 2.92. The van der Waals surface area contributed by atoms with Crippen molar-refractivity contribution in [1.29, 1.82) is 0 Å². The minimum Gasteiger partial charge on any atom is -0.265 e. The first kappa shape index (κ1) is 16.6. The average molecular weight is 365 g/mol. The van der Waals surface area contributed by atoms with Crippen molar-refractivity contribution in [2.75, 3.05) is 0 Å². The number of hydrogen-bond donors (Lipinski definition) is 0. The number of hydrogen-bond acceptors (Lipinski definition) is 4. The molecule has 2 heterocycles. The number of halogens is 1. The maximum atomic E-state index is 13.3. The third-order valence-electron chi connectivity index (χ3n) is 4.31. The van der Waals surface area contributed by atoms with E-state index in [2.05, 4.69) is 10.1 Å². The summed E-state index contributed by atoms with van der Waals surface area (Å²) >= 11 is 1.43. The third-order valence-corrected chi connectivity index (χ3v) is 5.28. The molecular weight excluding hydrogens is 349 g/mol. The van der Waals surface area contributed by atoms with Crippen molar-refractivity contribution < 1.29 is 4.39 Å². The van der Waals surface area contributed by atoms with Crippen LogP contribution in [0.4, 0.5) is 4.39 Å². The molecule has 130 valence electrons. The standard InChI is InChI=1S/C20H16FN3OS/c1-12-5-3-4-6-15(12)11-24-20(25)18-19(26-13(2)22-18)17(23-24)14-7-9-16(21)10-8-14/h3-10H,11H2,1-2H3. The monoisotopic (exact) mass is 365 g/mol. The van der Waals surface area contributed by atoms with Gasteiger partial charge in [-0.1, -0.05) is 24.3 Å². The van der Waals surface area contributed by atoms with Crippen molar-refractivity contribution in [2.24, 2.45) is 0 Å². The van der Waals surface area contributed by atoms with Gasteiger partial charge in [0.15, 0.2) is 5.52 Å². The molecule has 2 aromatic heterocycles. The van der Waals surface area contributed by atoms with Gasteiger partial charge in [0.25, 0.3) is 5.56 Å². The Morgan fingerprint density at radius 3 is 2.54 bits per heavy atom. The maximum Gasteiger partial charge on any atom is 0.294 e. The molecule has 4 rings (SSSR count). The summed E-state index contributed by atoms with van der Waals surface area (Å²) in [5.74, 6) is -0.307. The molecule has 0 saturated carbocycles. The number of fused-ring (bicyclic) bond motifs is 1. The lowest BCUT2D eigenvalue weighted by Gasteiger charge is -2.10. The molecule has 0 amide bonds. The Kier molecular flexibility index (Phi) is 4.12. The molecule has 0 N–H and O–H groups in total. The third kappa shape index (κ3) is 2.93. The van der Waals surface area contributed by atoms with E-state index in [-0.39, 0.29) is 11.4 Å². The summed E-state index contributed by atoms with van der Waals surface area (Å²) in [6, 6.07) is 14.0. The second kappa shape index (κ2) is 6.46. The van der Waals surface area contributed by atoms with Crippen LogP contribution in [0.2, 0.25) is 0 Å². The molecule has 0 aliphatic heterocycles. The van der Waals surface area contributed by atoms with Crippen LogP contribution in [0, 0.1) is 19.7 Å². The molecule has 6 heteroatoms. The van der Waals surface area contributed by atoms with Gasteiger partial charge in [0.1, 0.15) is 11.5 Å². The molecule has 26 heavy (non-hydrogen) atoms. The van der Waals surface area contributed by atoms with Gasteiger partial charge in [-0.15, -0.1) is 11.3 Å². The molecule has 2 aromatic carbocycles. The molecule has 0 spiro atoms. The summed E-state index contributed by atoms with van der Waals surface area (Å²) < 4.78 is 15.5. The van der Waals surface area contributed by atoms with Crippen molar-refractivity contribution in [3.63, 3.8) is 0 Å². The zero-order valence-corrected chi connectivity index (χ0v) is 15.2. The minimum absolute atomic E-state index is 0.210. The highest BCUT2D eigenvalue weighted by Crippen LogP contribution is 2.29. The van der Waals surface area contributed by atoms with Crippen molar-refractivity contribution in [3.8, 4) is 11.3 Å². The van der Waals surface area contributed by atoms with Gasteiger partial charge < -0.3 is 0 Å². The molecule has 0 atom stereocenters. The number of aryl methyl sites for hydroxylation is 2. The van der Waals surface area contributed by atoms with Crippen molar-refractivity contribution in [3.05, 3.63) is 80.8 Å². The number of nitrogens with zero attached hydrogens (tertiary/aromatic N) is 3. The molecule has 4 aromatic rings. The molecule has 0 saturated heterocycles. The van der Waals surface area contributed by atoms with Crippen LogP contribution >= 0.6 is 11.3 Å². The van der Waals surface area contributed by atoms with E-state index >= 15 is 0 Å². The van der Waals surface area contributed by atoms with Crippen molar-refractivity contribution in [1.82, 2.24) is 14.8 Å². The van der Waals surface area contributed by atoms with E-state index in [1.54, 1.807) is 12.1 Å². The number of benzene rings is 2. The number of rotatable bonds is 3. The highest BCUT2D eigenvalue weighted by Gasteiger charge is 2.17. The van der Waals surface area contributed by atoms with Crippen LogP contribution in [0.5, 0.6) is 0 Å². The first-order valence-corrected chi connectivity index (χ1v) is 9.03. The molecule has 0 radical (unpaired) electrons. The predicted octanol–water partition coefficient (Wildman–Crippen LogP) is 4.32. The fraction of sp³-hybridized carbons (Fsp3) is 0.150. The van der Waals surface area contributed by atoms with Crippen LogP contribution in [0.3, 0.4) is 0 Å². The van der Waals surface area contributed by atoms with Crippen LogP contribution in [0.25, 0.3) is 21.5 Å². The Hall–Kier alpha value is -2.86. The quantitative estimate of drug-likeness (QED) is 0.543. The van der Waals surface area contributed by atoms with E-state index in [9.17, 15) is 9.18 Å². The lowest BCUT2D eigenvalue weighted by Crippen LogP contribution is -2.24. The van der Waals surface area contributed by atoms with Crippen molar-refractivity contribution >= 4 is 21.6 Å². The Bertz CT molecular complexity index is 1160. The smallest absolute Gasteiger partial charge is 0.265 e. The minimum atomic E-state index is -0.307. The molecule has 0 aliphatic rings. The highest BCUT2D eigenvalue weighted by molar-refractivity contribution is 7.19. The highest BCUT2D eigenvalue weighted by atomic mass is 32.1. The molecule has 0 aliphatic carbocycles. The summed E-state index contributed by atoms with van der Waals surface area (Å²) in [6.45, 7) is 4.24. The summed E-state index contributed by atoms with van der Waals surface area (Å²) in [7, 11) is 0. The van der Waals surface area contributed by atoms with E-state index in [1.165, 1.54) is 28.2 Å². The van der Waals surface area contributed by atoms with Crippen LogP contribution in [-0.4, -0.2) is 14.8 Å². The van der Waals surface area contributed by atoms with Gasteiger partial charge in [0.05, 0.1) is 16.3 Å². The van der Waals surface area contributed by atoms with Gasteiger partial charge in [-0.25, -0.2) is 14.1 Å². The second-order valence-electron chi connectivity index (χ2n) is 6.16. The molecule has 0 bridgehead atoms. The lowest BCUT2D eigenvalue weighted by atomic mass is 10.1. The van der Waals surface area contributed by atoms with Crippen LogP contribution in [0.1, 0.15) is 16.1 Å². The molecule has 0 unspecified atom stereocenters. The molecule has 0 fully saturated rings. The summed E-state index contributed by atoms with van der Waals surface area (Å²) in [5.41, 5.74) is 3.74. The normalized spacial score (nSPS) is 11.2. The SMILES string of the molecule is Cc1nc2c(=O)n(Cc3ccccc3C)nc(-c3ccc(F)cc3)c2s1. The topological polar surface area (TPSA) is 47.8 Å². The zero-order valence-electron chi connectivity index (χ0n) is 14.4. The zero-order chi connectivity index (χ0) is 18.3. The molecule has 4 nitrogen and oxygen atoms in total. The van der Waals surface area contributed by atoms with Crippen LogP contribution in [0.15, 0.2) is 53.3 Å². The Balaban J connectivity index is 1.94. The van der Waals surface area contributed by atoms with Gasteiger partial charge in [0, 0.05) is 5.56 Å². The molecular formula is C20H16FN3OS. The van der Waals surface area contributed by atoms with Gasteiger partial charge in [-0.3, -0.25) is 4.79 Å². The van der Waals surface area contributed by atoms with Gasteiger partial charge in [-0.05, 0) is 49.2 Å². The van der Waals surface area contributed by atoms with Gasteiger partial charge >= 0.3 is 0 Å². The largest absolute Gasteiger partial charge is 0.294 e. The Labute approximate surface area is 153 Å².